The van der Waals surface area contributed by atoms with Crippen LogP contribution in [0.2, 0.25) is 0 Å². The molecule has 30 heavy (non-hydrogen) atoms. The van der Waals surface area contributed by atoms with Crippen LogP contribution in [0.4, 0.5) is 5.69 Å². The standard InChI is InChI=1S/C19H18N4O6S/c20-10-11-21-19(25)17(12-22-18(24)14-6-2-1-3-7-14)30(28,29)13-15-8-4-5-9-16(15)23(26)27/h1-9,17H,11-13H2,(H,21,25)(H,22,24). The Hall–Kier alpha value is -3.78. The van der Waals surface area contributed by atoms with Crippen LogP contribution in [0.1, 0.15) is 15.9 Å². The minimum absolute atomic E-state index is 0.0880. The predicted octanol–water partition coefficient (Wildman–Crippen LogP) is 0.948. The van der Waals surface area contributed by atoms with Crippen LogP contribution in [0.5, 0.6) is 0 Å². The summed E-state index contributed by atoms with van der Waals surface area (Å²) in [7, 11) is -4.28. The van der Waals surface area contributed by atoms with E-state index in [0.717, 1.165) is 6.07 Å². The van der Waals surface area contributed by atoms with E-state index in [-0.39, 0.29) is 11.1 Å². The Balaban J connectivity index is 2.27. The van der Waals surface area contributed by atoms with E-state index in [2.05, 4.69) is 10.6 Å². The lowest BCUT2D eigenvalue weighted by Crippen LogP contribution is -2.47. The minimum atomic E-state index is -4.28. The maximum atomic E-state index is 12.9. The number of nitro benzene ring substituents is 1. The number of nitro groups is 1. The first kappa shape index (κ1) is 22.5. The number of para-hydroxylation sites is 1. The normalized spacial score (nSPS) is 11.7. The van der Waals surface area contributed by atoms with E-state index in [4.69, 9.17) is 5.26 Å². The zero-order valence-electron chi connectivity index (χ0n) is 15.6. The van der Waals surface area contributed by atoms with Gasteiger partial charge in [-0.3, -0.25) is 19.7 Å². The van der Waals surface area contributed by atoms with Crippen LogP contribution in [0.15, 0.2) is 54.6 Å². The SMILES string of the molecule is N#CCNC(=O)C(CNC(=O)c1ccccc1)S(=O)(=O)Cc1ccccc1[N+](=O)[O-]. The fourth-order valence-corrected chi connectivity index (χ4v) is 4.25. The molecular formula is C19H18N4O6S. The number of amides is 2. The van der Waals surface area contributed by atoms with Crippen LogP contribution in [-0.4, -0.2) is 43.5 Å². The smallest absolute Gasteiger partial charge is 0.273 e. The zero-order valence-corrected chi connectivity index (χ0v) is 16.5. The van der Waals surface area contributed by atoms with Crippen LogP contribution < -0.4 is 10.6 Å². The summed E-state index contributed by atoms with van der Waals surface area (Å²) < 4.78 is 25.8. The molecule has 0 bridgehead atoms. The second kappa shape index (κ2) is 10.1. The van der Waals surface area contributed by atoms with Gasteiger partial charge >= 0.3 is 0 Å². The Kier molecular flexibility index (Phi) is 7.60. The van der Waals surface area contributed by atoms with Gasteiger partial charge in [-0.1, -0.05) is 36.4 Å². The highest BCUT2D eigenvalue weighted by atomic mass is 32.2. The number of rotatable bonds is 9. The van der Waals surface area contributed by atoms with Crippen LogP contribution in [-0.2, 0) is 20.4 Å². The quantitative estimate of drug-likeness (QED) is 0.340. The molecule has 2 N–H and O–H groups in total. The number of sulfone groups is 1. The van der Waals surface area contributed by atoms with Crippen molar-refractivity contribution in [2.45, 2.75) is 11.0 Å². The molecule has 0 aliphatic rings. The van der Waals surface area contributed by atoms with Crippen LogP contribution in [0.3, 0.4) is 0 Å². The fourth-order valence-electron chi connectivity index (χ4n) is 2.63. The van der Waals surface area contributed by atoms with E-state index in [1.54, 1.807) is 24.3 Å². The second-order valence-corrected chi connectivity index (χ2v) is 8.32. The first-order valence-electron chi connectivity index (χ1n) is 8.68. The molecule has 0 aliphatic heterocycles. The minimum Gasteiger partial charge on any atom is -0.350 e. The molecule has 1 unspecified atom stereocenters. The number of hydrogen-bond donors (Lipinski definition) is 2. The average molecular weight is 430 g/mol. The Morgan fingerprint density at radius 1 is 1.07 bits per heavy atom. The van der Waals surface area contributed by atoms with Crippen LogP contribution >= 0.6 is 0 Å². The Morgan fingerprint density at radius 3 is 2.33 bits per heavy atom. The van der Waals surface area contributed by atoms with Crippen molar-refractivity contribution in [2.24, 2.45) is 0 Å². The molecule has 0 aliphatic carbocycles. The van der Waals surface area contributed by atoms with Gasteiger partial charge in [-0.05, 0) is 12.1 Å². The highest BCUT2D eigenvalue weighted by Crippen LogP contribution is 2.22. The van der Waals surface area contributed by atoms with Gasteiger partial charge in [0.25, 0.3) is 11.6 Å². The van der Waals surface area contributed by atoms with Gasteiger partial charge in [0.2, 0.25) is 5.91 Å². The molecule has 2 amide bonds. The summed E-state index contributed by atoms with van der Waals surface area (Å²) in [5, 5.41) is 22.6. The Labute approximate surface area is 172 Å². The average Bonchev–Trinajstić information content (AvgIpc) is 2.72. The predicted molar refractivity (Wildman–Crippen MR) is 107 cm³/mol. The van der Waals surface area contributed by atoms with Crippen molar-refractivity contribution in [3.05, 3.63) is 75.8 Å². The van der Waals surface area contributed by atoms with Crippen LogP contribution in [0.25, 0.3) is 0 Å². The molecule has 11 heteroatoms. The van der Waals surface area contributed by atoms with Crippen molar-refractivity contribution in [3.8, 4) is 6.07 Å². The summed E-state index contributed by atoms with van der Waals surface area (Å²) in [6.45, 7) is -0.989. The monoisotopic (exact) mass is 430 g/mol. The van der Waals surface area contributed by atoms with Gasteiger partial charge in [0.15, 0.2) is 15.1 Å². The lowest BCUT2D eigenvalue weighted by atomic mass is 10.2. The highest BCUT2D eigenvalue weighted by Gasteiger charge is 2.34. The maximum absolute atomic E-state index is 12.9. The summed E-state index contributed by atoms with van der Waals surface area (Å²) in [5.41, 5.74) is -0.217. The van der Waals surface area contributed by atoms with Crippen molar-refractivity contribution in [3.63, 3.8) is 0 Å². The van der Waals surface area contributed by atoms with E-state index < -0.39 is 56.4 Å². The van der Waals surface area contributed by atoms with Crippen molar-refractivity contribution in [1.29, 1.82) is 5.26 Å². The molecule has 0 heterocycles. The second-order valence-electron chi connectivity index (χ2n) is 6.13. The first-order chi connectivity index (χ1) is 14.3. The number of carbonyl (C=O) groups excluding carboxylic acids is 2. The van der Waals surface area contributed by atoms with Gasteiger partial charge in [0.1, 0.15) is 6.54 Å². The van der Waals surface area contributed by atoms with Crippen molar-refractivity contribution in [1.82, 2.24) is 10.6 Å². The number of nitrogens with zero attached hydrogens (tertiary/aromatic N) is 2. The van der Waals surface area contributed by atoms with Gasteiger partial charge in [-0.2, -0.15) is 5.26 Å². The van der Waals surface area contributed by atoms with Gasteiger partial charge in [0, 0.05) is 23.7 Å². The fraction of sp³-hybridized carbons (Fsp3) is 0.211. The van der Waals surface area contributed by atoms with E-state index in [9.17, 15) is 28.1 Å². The third-order valence-electron chi connectivity index (χ3n) is 4.10. The lowest BCUT2D eigenvalue weighted by molar-refractivity contribution is -0.385. The largest absolute Gasteiger partial charge is 0.350 e. The summed E-state index contributed by atoms with van der Waals surface area (Å²) in [4.78, 5) is 35.1. The summed E-state index contributed by atoms with van der Waals surface area (Å²) in [5.74, 6) is -2.35. The van der Waals surface area contributed by atoms with Crippen LogP contribution in [0, 0.1) is 21.4 Å². The highest BCUT2D eigenvalue weighted by molar-refractivity contribution is 7.92. The number of nitrogens with one attached hydrogen (secondary N) is 2. The van der Waals surface area contributed by atoms with E-state index in [0.29, 0.717) is 0 Å². The molecule has 0 fully saturated rings. The van der Waals surface area contributed by atoms with Crippen molar-refractivity contribution in [2.75, 3.05) is 13.1 Å². The summed E-state index contributed by atoms with van der Waals surface area (Å²) in [6.07, 6.45) is 0. The molecule has 2 rings (SSSR count). The molecule has 156 valence electrons. The zero-order chi connectivity index (χ0) is 22.1. The van der Waals surface area contributed by atoms with Gasteiger partial charge in [0.05, 0.1) is 16.7 Å². The third kappa shape index (κ3) is 5.86. The molecule has 10 nitrogen and oxygen atoms in total. The van der Waals surface area contributed by atoms with Crippen molar-refractivity contribution >= 4 is 27.3 Å². The molecule has 0 aromatic heterocycles. The molecule has 2 aromatic rings. The van der Waals surface area contributed by atoms with E-state index in [1.807, 2.05) is 0 Å². The van der Waals surface area contributed by atoms with E-state index in [1.165, 1.54) is 30.3 Å². The number of hydrogen-bond acceptors (Lipinski definition) is 7. The number of carbonyl (C=O) groups is 2. The van der Waals surface area contributed by atoms with E-state index >= 15 is 0 Å². The Bertz CT molecular complexity index is 1080. The lowest BCUT2D eigenvalue weighted by Gasteiger charge is -2.17. The van der Waals surface area contributed by atoms with Gasteiger partial charge < -0.3 is 10.6 Å². The molecule has 0 spiro atoms. The molecule has 0 saturated carbocycles. The summed E-state index contributed by atoms with van der Waals surface area (Å²) in [6, 6.07) is 14.9. The first-order valence-corrected chi connectivity index (χ1v) is 10.4. The van der Waals surface area contributed by atoms with Gasteiger partial charge in [-0.25, -0.2) is 8.42 Å². The number of nitriles is 1. The van der Waals surface area contributed by atoms with Crippen molar-refractivity contribution < 1.29 is 22.9 Å². The third-order valence-corrected chi connectivity index (χ3v) is 6.06. The molecule has 0 radical (unpaired) electrons. The molecule has 1 atom stereocenters. The summed E-state index contributed by atoms with van der Waals surface area (Å²) >= 11 is 0. The maximum Gasteiger partial charge on any atom is 0.273 e. The molecule has 0 saturated heterocycles. The topological polar surface area (TPSA) is 159 Å². The van der Waals surface area contributed by atoms with Gasteiger partial charge in [-0.15, -0.1) is 0 Å². The Morgan fingerprint density at radius 2 is 1.70 bits per heavy atom. The molecular weight excluding hydrogens is 412 g/mol. The molecule has 2 aromatic carbocycles. The number of benzene rings is 2.